The van der Waals surface area contributed by atoms with Crippen molar-refractivity contribution in [1.29, 1.82) is 0 Å². The molecular weight excluding hydrogens is 252 g/mol. The van der Waals surface area contributed by atoms with Crippen molar-refractivity contribution >= 4 is 15.7 Å². The van der Waals surface area contributed by atoms with Gasteiger partial charge in [0, 0.05) is 6.42 Å². The van der Waals surface area contributed by atoms with Crippen LogP contribution in [0.1, 0.15) is 12.0 Å². The van der Waals surface area contributed by atoms with Crippen LogP contribution in [0.25, 0.3) is 5.57 Å². The summed E-state index contributed by atoms with van der Waals surface area (Å²) in [6, 6.07) is 8.89. The monoisotopic (exact) mass is 266 g/mol. The second kappa shape index (κ2) is 4.33. The Balaban J connectivity index is 2.61. The van der Waals surface area contributed by atoms with Gasteiger partial charge in [0.05, 0.1) is 10.6 Å². The smallest absolute Gasteiger partial charge is 0.291 e. The summed E-state index contributed by atoms with van der Waals surface area (Å²) < 4.78 is 32.1. The molecule has 5 N–H and O–H groups in total. The highest BCUT2D eigenvalue weighted by Gasteiger charge is 2.30. The quantitative estimate of drug-likeness (QED) is 0.543. The SMILES string of the molecule is NC1(N)C=CC(c2ccccc2)=C(S(=O)(=O)O)C1. The van der Waals surface area contributed by atoms with E-state index in [2.05, 4.69) is 0 Å². The number of nitrogens with two attached hydrogens (primary N) is 2. The molecule has 0 atom stereocenters. The van der Waals surface area contributed by atoms with Gasteiger partial charge in [-0.1, -0.05) is 36.4 Å². The Morgan fingerprint density at radius 1 is 1.17 bits per heavy atom. The molecule has 96 valence electrons. The summed E-state index contributed by atoms with van der Waals surface area (Å²) in [4.78, 5) is -0.152. The lowest BCUT2D eigenvalue weighted by Gasteiger charge is -2.26. The third-order valence-electron chi connectivity index (χ3n) is 2.72. The highest BCUT2D eigenvalue weighted by atomic mass is 32.2. The first-order valence-electron chi connectivity index (χ1n) is 5.33. The van der Waals surface area contributed by atoms with Gasteiger partial charge in [-0.15, -0.1) is 0 Å². The van der Waals surface area contributed by atoms with E-state index in [0.717, 1.165) is 0 Å². The number of benzene rings is 1. The van der Waals surface area contributed by atoms with Gasteiger partial charge in [-0.05, 0) is 17.2 Å². The van der Waals surface area contributed by atoms with Crippen molar-refractivity contribution in [3.05, 3.63) is 53.0 Å². The zero-order chi connectivity index (χ0) is 13.4. The van der Waals surface area contributed by atoms with Gasteiger partial charge in [0.1, 0.15) is 0 Å². The normalized spacial score (nSPS) is 19.1. The van der Waals surface area contributed by atoms with Gasteiger partial charge < -0.3 is 11.5 Å². The van der Waals surface area contributed by atoms with E-state index in [4.69, 9.17) is 11.5 Å². The topological polar surface area (TPSA) is 106 Å². The molecule has 0 fully saturated rings. The molecule has 0 amide bonds. The molecule has 0 radical (unpaired) electrons. The van der Waals surface area contributed by atoms with Crippen LogP contribution >= 0.6 is 0 Å². The van der Waals surface area contributed by atoms with Gasteiger partial charge in [-0.2, -0.15) is 8.42 Å². The lowest BCUT2D eigenvalue weighted by atomic mass is 9.94. The summed E-state index contributed by atoms with van der Waals surface area (Å²) in [5.74, 6) is 0. The standard InChI is InChI=1S/C12H14N2O3S/c13-12(14)7-6-10(9-4-2-1-3-5-9)11(8-12)18(15,16)17/h1-7H,8,13-14H2,(H,15,16,17). The number of rotatable bonds is 2. The molecule has 0 bridgehead atoms. The molecule has 1 aromatic carbocycles. The van der Waals surface area contributed by atoms with Crippen molar-refractivity contribution in [3.8, 4) is 0 Å². The van der Waals surface area contributed by atoms with Crippen LogP contribution in [0, 0.1) is 0 Å². The van der Waals surface area contributed by atoms with E-state index >= 15 is 0 Å². The maximum Gasteiger partial charge on any atom is 0.291 e. The minimum absolute atomic E-state index is 0.132. The molecule has 0 unspecified atom stereocenters. The van der Waals surface area contributed by atoms with Crippen molar-refractivity contribution in [2.75, 3.05) is 0 Å². The fraction of sp³-hybridized carbons (Fsp3) is 0.167. The molecule has 0 aromatic heterocycles. The van der Waals surface area contributed by atoms with Crippen molar-refractivity contribution < 1.29 is 13.0 Å². The highest BCUT2D eigenvalue weighted by Crippen LogP contribution is 2.32. The van der Waals surface area contributed by atoms with Crippen LogP contribution in [0.3, 0.4) is 0 Å². The fourth-order valence-corrected chi connectivity index (χ4v) is 2.76. The maximum absolute atomic E-state index is 11.4. The van der Waals surface area contributed by atoms with Crippen molar-refractivity contribution in [3.63, 3.8) is 0 Å². The zero-order valence-electron chi connectivity index (χ0n) is 9.58. The van der Waals surface area contributed by atoms with Gasteiger partial charge >= 0.3 is 0 Å². The molecule has 1 aliphatic rings. The molecule has 2 rings (SSSR count). The number of allylic oxidation sites excluding steroid dienone is 2. The Hall–Kier alpha value is -1.47. The average molecular weight is 266 g/mol. The maximum atomic E-state index is 11.4. The highest BCUT2D eigenvalue weighted by molar-refractivity contribution is 7.90. The van der Waals surface area contributed by atoms with E-state index < -0.39 is 15.8 Å². The number of hydrogen-bond donors (Lipinski definition) is 3. The van der Waals surface area contributed by atoms with Crippen molar-refractivity contribution in [1.82, 2.24) is 0 Å². The van der Waals surface area contributed by atoms with Gasteiger partial charge in [-0.25, -0.2) is 0 Å². The lowest BCUT2D eigenvalue weighted by Crippen LogP contribution is -2.49. The molecule has 0 heterocycles. The summed E-state index contributed by atoms with van der Waals surface area (Å²) >= 11 is 0. The van der Waals surface area contributed by atoms with Crippen LogP contribution in [-0.4, -0.2) is 18.6 Å². The van der Waals surface area contributed by atoms with E-state index in [-0.39, 0.29) is 11.3 Å². The molecule has 6 heteroatoms. The predicted molar refractivity (Wildman–Crippen MR) is 69.8 cm³/mol. The number of hydrogen-bond acceptors (Lipinski definition) is 4. The van der Waals surface area contributed by atoms with E-state index in [9.17, 15) is 13.0 Å². The molecule has 0 saturated heterocycles. The molecule has 1 aromatic rings. The Labute approximate surface area is 106 Å². The summed E-state index contributed by atoms with van der Waals surface area (Å²) in [6.07, 6.45) is 2.93. The van der Waals surface area contributed by atoms with Crippen LogP contribution < -0.4 is 11.5 Å². The van der Waals surface area contributed by atoms with Crippen LogP contribution in [0.5, 0.6) is 0 Å². The Bertz CT molecular complexity index is 616. The van der Waals surface area contributed by atoms with E-state index in [1.165, 1.54) is 12.2 Å². The van der Waals surface area contributed by atoms with Crippen molar-refractivity contribution in [2.45, 2.75) is 12.1 Å². The summed E-state index contributed by atoms with van der Waals surface area (Å²) in [6.45, 7) is 0. The third kappa shape index (κ3) is 2.68. The first-order chi connectivity index (χ1) is 8.30. The van der Waals surface area contributed by atoms with E-state index in [1.807, 2.05) is 6.07 Å². The Kier molecular flexibility index (Phi) is 3.12. The van der Waals surface area contributed by atoms with E-state index in [1.54, 1.807) is 24.3 Å². The van der Waals surface area contributed by atoms with E-state index in [0.29, 0.717) is 11.1 Å². The second-order valence-electron chi connectivity index (χ2n) is 4.30. The Morgan fingerprint density at radius 3 is 2.33 bits per heavy atom. The van der Waals surface area contributed by atoms with Crippen molar-refractivity contribution in [2.24, 2.45) is 11.5 Å². The van der Waals surface area contributed by atoms with Crippen LogP contribution in [-0.2, 0) is 10.1 Å². The average Bonchev–Trinajstić information content (AvgIpc) is 2.28. The molecule has 0 spiro atoms. The first-order valence-corrected chi connectivity index (χ1v) is 6.77. The molecule has 5 nitrogen and oxygen atoms in total. The molecule has 0 aliphatic heterocycles. The third-order valence-corrected chi connectivity index (χ3v) is 3.71. The molecular formula is C12H14N2O3S. The molecule has 18 heavy (non-hydrogen) atoms. The molecule has 0 saturated carbocycles. The van der Waals surface area contributed by atoms with Crippen LogP contribution in [0.4, 0.5) is 0 Å². The van der Waals surface area contributed by atoms with Gasteiger partial charge in [-0.3, -0.25) is 4.55 Å². The lowest BCUT2D eigenvalue weighted by molar-refractivity contribution is 0.478. The fourth-order valence-electron chi connectivity index (χ4n) is 1.87. The zero-order valence-corrected chi connectivity index (χ0v) is 10.4. The largest absolute Gasteiger partial charge is 0.310 e. The second-order valence-corrected chi connectivity index (χ2v) is 5.74. The molecule has 1 aliphatic carbocycles. The Morgan fingerprint density at radius 2 is 1.78 bits per heavy atom. The first kappa shape index (κ1) is 13.0. The van der Waals surface area contributed by atoms with Gasteiger partial charge in [0.25, 0.3) is 10.1 Å². The summed E-state index contributed by atoms with van der Waals surface area (Å²) in [5, 5.41) is 0. The van der Waals surface area contributed by atoms with Gasteiger partial charge in [0.15, 0.2) is 0 Å². The predicted octanol–water partition coefficient (Wildman–Crippen LogP) is 0.859. The summed E-state index contributed by atoms with van der Waals surface area (Å²) in [5.41, 5.74) is 11.2. The minimum atomic E-state index is -4.33. The summed E-state index contributed by atoms with van der Waals surface area (Å²) in [7, 11) is -4.33. The van der Waals surface area contributed by atoms with Gasteiger partial charge in [0.2, 0.25) is 0 Å². The van der Waals surface area contributed by atoms with Crippen LogP contribution in [0.15, 0.2) is 47.4 Å². The van der Waals surface area contributed by atoms with Crippen LogP contribution in [0.2, 0.25) is 0 Å². The minimum Gasteiger partial charge on any atom is -0.310 e.